The Hall–Kier alpha value is -0.0800. The molecule has 0 amide bonds. The van der Waals surface area contributed by atoms with Gasteiger partial charge in [-0.25, -0.2) is 0 Å². The maximum absolute atomic E-state index is 6.52. The molecule has 106 valence electrons. The van der Waals surface area contributed by atoms with Crippen LogP contribution in [0, 0.1) is 11.8 Å². The van der Waals surface area contributed by atoms with Crippen LogP contribution in [-0.2, 0) is 4.74 Å². The van der Waals surface area contributed by atoms with E-state index in [0.717, 1.165) is 11.8 Å². The molecule has 0 heterocycles. The van der Waals surface area contributed by atoms with Gasteiger partial charge in [0.1, 0.15) is 0 Å². The molecule has 0 aliphatic heterocycles. The lowest BCUT2D eigenvalue weighted by Crippen LogP contribution is -2.47. The maximum atomic E-state index is 6.52. The van der Waals surface area contributed by atoms with Crippen molar-refractivity contribution in [3.05, 3.63) is 0 Å². The number of ether oxygens (including phenoxy) is 1. The minimum atomic E-state index is 0.0206. The summed E-state index contributed by atoms with van der Waals surface area (Å²) in [5.74, 6) is 1.75. The van der Waals surface area contributed by atoms with Crippen molar-refractivity contribution in [2.24, 2.45) is 17.6 Å². The quantitative estimate of drug-likeness (QED) is 0.825. The average molecular weight is 253 g/mol. The summed E-state index contributed by atoms with van der Waals surface area (Å²) in [6.45, 7) is 5.38. The zero-order valence-electron chi connectivity index (χ0n) is 12.3. The summed E-state index contributed by atoms with van der Waals surface area (Å²) in [6.07, 6.45) is 12.0. The van der Waals surface area contributed by atoms with Crippen molar-refractivity contribution >= 4 is 0 Å². The highest BCUT2D eigenvalue weighted by molar-refractivity contribution is 4.89. The highest BCUT2D eigenvalue weighted by atomic mass is 16.5. The molecule has 2 N–H and O–H groups in total. The Bertz CT molecular complexity index is 245. The van der Waals surface area contributed by atoms with Crippen LogP contribution < -0.4 is 5.73 Å². The van der Waals surface area contributed by atoms with E-state index in [0.29, 0.717) is 12.6 Å². The van der Waals surface area contributed by atoms with E-state index in [1.807, 2.05) is 0 Å². The molecule has 0 radical (unpaired) electrons. The largest absolute Gasteiger partial charge is 0.370 e. The Balaban J connectivity index is 1.89. The normalized spacial score (nSPS) is 41.8. The number of rotatable bonds is 4. The second-order valence-electron chi connectivity index (χ2n) is 6.75. The number of nitrogens with two attached hydrogens (primary N) is 1. The lowest BCUT2D eigenvalue weighted by Gasteiger charge is -2.43. The molecule has 0 aromatic heterocycles. The molecule has 2 atom stereocenters. The summed E-state index contributed by atoms with van der Waals surface area (Å²) in [7, 11) is 0. The van der Waals surface area contributed by atoms with Crippen LogP contribution in [0.1, 0.15) is 71.6 Å². The zero-order valence-corrected chi connectivity index (χ0v) is 12.3. The molecule has 0 saturated heterocycles. The van der Waals surface area contributed by atoms with Crippen molar-refractivity contribution in [1.29, 1.82) is 0 Å². The Morgan fingerprint density at radius 3 is 2.50 bits per heavy atom. The number of hydrogen-bond donors (Lipinski definition) is 1. The molecule has 18 heavy (non-hydrogen) atoms. The first kappa shape index (κ1) is 14.3. The summed E-state index contributed by atoms with van der Waals surface area (Å²) in [5, 5.41) is 0. The Morgan fingerprint density at radius 1 is 1.17 bits per heavy atom. The van der Waals surface area contributed by atoms with Crippen molar-refractivity contribution in [2.45, 2.75) is 83.3 Å². The first-order valence-electron chi connectivity index (χ1n) is 8.05. The minimum absolute atomic E-state index is 0.0206. The van der Waals surface area contributed by atoms with Gasteiger partial charge in [0.2, 0.25) is 0 Å². The van der Waals surface area contributed by atoms with Crippen LogP contribution in [0.15, 0.2) is 0 Å². The SMILES string of the molecule is CCC1CCCC(OC2(CN)CCC(C)CC2)C1. The number of hydrogen-bond acceptors (Lipinski definition) is 2. The third-order valence-electron chi connectivity index (χ3n) is 5.29. The Kier molecular flexibility index (Phi) is 5.08. The van der Waals surface area contributed by atoms with Gasteiger partial charge in [-0.3, -0.25) is 0 Å². The fourth-order valence-electron chi connectivity index (χ4n) is 3.73. The van der Waals surface area contributed by atoms with Crippen LogP contribution >= 0.6 is 0 Å². The maximum Gasteiger partial charge on any atom is 0.0808 e. The molecule has 2 rings (SSSR count). The third kappa shape index (κ3) is 3.48. The molecular formula is C16H31NO. The van der Waals surface area contributed by atoms with E-state index in [2.05, 4.69) is 13.8 Å². The summed E-state index contributed by atoms with van der Waals surface area (Å²) >= 11 is 0. The fraction of sp³-hybridized carbons (Fsp3) is 1.00. The molecule has 0 bridgehead atoms. The first-order valence-corrected chi connectivity index (χ1v) is 8.05. The molecule has 2 nitrogen and oxygen atoms in total. The van der Waals surface area contributed by atoms with E-state index in [9.17, 15) is 0 Å². The molecule has 2 fully saturated rings. The molecule has 2 aliphatic carbocycles. The topological polar surface area (TPSA) is 35.2 Å². The van der Waals surface area contributed by atoms with Gasteiger partial charge < -0.3 is 10.5 Å². The molecule has 0 aromatic carbocycles. The second kappa shape index (κ2) is 6.38. The van der Waals surface area contributed by atoms with Gasteiger partial charge in [-0.1, -0.05) is 33.1 Å². The van der Waals surface area contributed by atoms with E-state index in [4.69, 9.17) is 10.5 Å². The van der Waals surface area contributed by atoms with Gasteiger partial charge in [-0.15, -0.1) is 0 Å². The van der Waals surface area contributed by atoms with Crippen LogP contribution in [0.25, 0.3) is 0 Å². The molecule has 2 saturated carbocycles. The molecule has 2 aliphatic rings. The van der Waals surface area contributed by atoms with Crippen molar-refractivity contribution in [3.8, 4) is 0 Å². The van der Waals surface area contributed by atoms with E-state index in [1.54, 1.807) is 0 Å². The van der Waals surface area contributed by atoms with Gasteiger partial charge in [0.25, 0.3) is 0 Å². The van der Waals surface area contributed by atoms with Gasteiger partial charge in [0.15, 0.2) is 0 Å². The van der Waals surface area contributed by atoms with E-state index in [1.165, 1.54) is 57.8 Å². The summed E-state index contributed by atoms with van der Waals surface area (Å²) in [4.78, 5) is 0. The lowest BCUT2D eigenvalue weighted by molar-refractivity contribution is -0.128. The molecule has 2 unspecified atom stereocenters. The van der Waals surface area contributed by atoms with Gasteiger partial charge in [-0.05, 0) is 50.4 Å². The van der Waals surface area contributed by atoms with E-state index in [-0.39, 0.29) is 5.60 Å². The zero-order chi connectivity index (χ0) is 13.0. The van der Waals surface area contributed by atoms with E-state index < -0.39 is 0 Å². The van der Waals surface area contributed by atoms with Crippen molar-refractivity contribution in [2.75, 3.05) is 6.54 Å². The molecule has 0 spiro atoms. The molecule has 0 aromatic rings. The van der Waals surface area contributed by atoms with Crippen LogP contribution in [0.2, 0.25) is 0 Å². The summed E-state index contributed by atoms with van der Waals surface area (Å²) in [6, 6.07) is 0. The molecular weight excluding hydrogens is 222 g/mol. The second-order valence-corrected chi connectivity index (χ2v) is 6.75. The van der Waals surface area contributed by atoms with Crippen LogP contribution in [0.4, 0.5) is 0 Å². The first-order chi connectivity index (χ1) is 8.67. The fourth-order valence-corrected chi connectivity index (χ4v) is 3.73. The van der Waals surface area contributed by atoms with Crippen LogP contribution in [0.3, 0.4) is 0 Å². The van der Waals surface area contributed by atoms with Crippen molar-refractivity contribution in [1.82, 2.24) is 0 Å². The van der Waals surface area contributed by atoms with Crippen LogP contribution in [-0.4, -0.2) is 18.2 Å². The molecule has 2 heteroatoms. The average Bonchev–Trinajstić information content (AvgIpc) is 2.42. The highest BCUT2D eigenvalue weighted by Crippen LogP contribution is 2.38. The van der Waals surface area contributed by atoms with Crippen LogP contribution in [0.5, 0.6) is 0 Å². The smallest absolute Gasteiger partial charge is 0.0808 e. The Morgan fingerprint density at radius 2 is 1.89 bits per heavy atom. The predicted octanol–water partition coefficient (Wildman–Crippen LogP) is 3.88. The van der Waals surface area contributed by atoms with Gasteiger partial charge >= 0.3 is 0 Å². The van der Waals surface area contributed by atoms with Gasteiger partial charge in [0, 0.05) is 6.54 Å². The lowest BCUT2D eigenvalue weighted by atomic mass is 9.78. The van der Waals surface area contributed by atoms with Gasteiger partial charge in [0.05, 0.1) is 11.7 Å². The Labute approximate surface area is 113 Å². The van der Waals surface area contributed by atoms with Gasteiger partial charge in [-0.2, -0.15) is 0 Å². The minimum Gasteiger partial charge on any atom is -0.370 e. The van der Waals surface area contributed by atoms with Crippen molar-refractivity contribution < 1.29 is 4.74 Å². The van der Waals surface area contributed by atoms with E-state index >= 15 is 0 Å². The predicted molar refractivity (Wildman–Crippen MR) is 76.5 cm³/mol. The summed E-state index contributed by atoms with van der Waals surface area (Å²) in [5.41, 5.74) is 6.06. The van der Waals surface area contributed by atoms with Crippen molar-refractivity contribution in [3.63, 3.8) is 0 Å². The standard InChI is InChI=1S/C16H31NO/c1-3-14-5-4-6-15(11-14)18-16(12-17)9-7-13(2)8-10-16/h13-15H,3-12,17H2,1-2H3. The monoisotopic (exact) mass is 253 g/mol. The highest BCUT2D eigenvalue weighted by Gasteiger charge is 2.37. The third-order valence-corrected chi connectivity index (χ3v) is 5.29. The summed E-state index contributed by atoms with van der Waals surface area (Å²) < 4.78 is 6.52.